The minimum Gasteiger partial charge on any atom is -0.351 e. The Kier molecular flexibility index (Phi) is 6.12. The van der Waals surface area contributed by atoms with Crippen LogP contribution in [0.15, 0.2) is 54.6 Å². The van der Waals surface area contributed by atoms with Gasteiger partial charge in [-0.3, -0.25) is 15.6 Å². The molecular formula is C23H24F3N3O3. The van der Waals surface area contributed by atoms with E-state index in [0.717, 1.165) is 29.8 Å². The minimum atomic E-state index is -4.37. The second-order valence-corrected chi connectivity index (χ2v) is 7.85. The lowest BCUT2D eigenvalue weighted by molar-refractivity contribution is -0.153. The number of rotatable bonds is 4. The molecule has 170 valence electrons. The van der Waals surface area contributed by atoms with Gasteiger partial charge in [0.1, 0.15) is 5.60 Å². The molecule has 32 heavy (non-hydrogen) atoms. The van der Waals surface area contributed by atoms with Crippen LogP contribution in [0.25, 0.3) is 5.70 Å². The first-order valence-corrected chi connectivity index (χ1v) is 10.4. The maximum absolute atomic E-state index is 12.8. The first kappa shape index (κ1) is 22.2. The molecule has 1 amide bonds. The number of hydrogen-bond donors (Lipinski definition) is 2. The number of piperidine rings is 1. The molecular weight excluding hydrogens is 423 g/mol. The van der Waals surface area contributed by atoms with E-state index in [9.17, 15) is 18.0 Å². The molecule has 0 saturated carbocycles. The number of halogens is 3. The molecule has 2 heterocycles. The van der Waals surface area contributed by atoms with E-state index < -0.39 is 23.4 Å². The zero-order valence-electron chi connectivity index (χ0n) is 17.5. The van der Waals surface area contributed by atoms with Gasteiger partial charge >= 0.3 is 12.3 Å². The van der Waals surface area contributed by atoms with Crippen molar-refractivity contribution in [1.29, 1.82) is 0 Å². The summed E-state index contributed by atoms with van der Waals surface area (Å²) in [6, 6.07) is 12.5. The van der Waals surface area contributed by atoms with Crippen molar-refractivity contribution in [1.82, 2.24) is 10.5 Å². The summed E-state index contributed by atoms with van der Waals surface area (Å²) in [6.45, 7) is 2.93. The van der Waals surface area contributed by atoms with Gasteiger partial charge in [0, 0.05) is 18.8 Å². The average Bonchev–Trinajstić information content (AvgIpc) is 3.19. The third kappa shape index (κ3) is 4.89. The monoisotopic (exact) mass is 447 g/mol. The highest BCUT2D eigenvalue weighted by molar-refractivity contribution is 5.85. The van der Waals surface area contributed by atoms with Crippen LogP contribution in [-0.4, -0.2) is 29.8 Å². The van der Waals surface area contributed by atoms with Crippen LogP contribution in [0.1, 0.15) is 36.5 Å². The van der Waals surface area contributed by atoms with Crippen molar-refractivity contribution < 1.29 is 27.6 Å². The summed E-state index contributed by atoms with van der Waals surface area (Å²) in [5.74, 6) is 0. The number of hydrogen-bond acceptors (Lipinski definition) is 5. The third-order valence-electron chi connectivity index (χ3n) is 5.71. The van der Waals surface area contributed by atoms with Crippen LogP contribution in [-0.2, 0) is 22.3 Å². The van der Waals surface area contributed by atoms with Gasteiger partial charge in [-0.05, 0) is 54.7 Å². The first-order valence-electron chi connectivity index (χ1n) is 10.4. The van der Waals surface area contributed by atoms with E-state index in [0.29, 0.717) is 37.2 Å². The molecule has 2 aromatic carbocycles. The van der Waals surface area contributed by atoms with Gasteiger partial charge in [-0.2, -0.15) is 13.2 Å². The number of hydroxylamine groups is 3. The molecule has 2 aliphatic rings. The van der Waals surface area contributed by atoms with Crippen LogP contribution in [0.4, 0.5) is 23.7 Å². The van der Waals surface area contributed by atoms with Crippen molar-refractivity contribution in [3.63, 3.8) is 0 Å². The maximum Gasteiger partial charge on any atom is 0.430 e. The fourth-order valence-electron chi connectivity index (χ4n) is 3.86. The van der Waals surface area contributed by atoms with Gasteiger partial charge in [-0.1, -0.05) is 37.3 Å². The lowest BCUT2D eigenvalue weighted by Gasteiger charge is -2.35. The summed E-state index contributed by atoms with van der Waals surface area (Å²) >= 11 is 0. The van der Waals surface area contributed by atoms with Crippen LogP contribution >= 0.6 is 0 Å². The Morgan fingerprint density at radius 2 is 1.84 bits per heavy atom. The number of anilines is 1. The standard InChI is InChI=1S/C23H24F3N3O3/c1-2-16-5-3-4-6-19(16)27-21(30)31-29-13-11-22(12-14-29)15-20(28-32-22)17-7-9-18(10-8-17)23(24,25)26/h3-10,15,28H,2,11-14H2,1H3,(H,27,30). The van der Waals surface area contributed by atoms with Gasteiger partial charge in [0.2, 0.25) is 0 Å². The molecule has 2 aromatic rings. The molecule has 0 bridgehead atoms. The molecule has 6 nitrogen and oxygen atoms in total. The Bertz CT molecular complexity index is 998. The summed E-state index contributed by atoms with van der Waals surface area (Å²) in [5.41, 5.74) is 4.53. The maximum atomic E-state index is 12.8. The first-order chi connectivity index (χ1) is 15.3. The second-order valence-electron chi connectivity index (χ2n) is 7.85. The highest BCUT2D eigenvalue weighted by atomic mass is 19.4. The van der Waals surface area contributed by atoms with Gasteiger partial charge in [0.05, 0.1) is 11.3 Å². The van der Waals surface area contributed by atoms with Gasteiger partial charge in [0.15, 0.2) is 0 Å². The predicted octanol–water partition coefficient (Wildman–Crippen LogP) is 5.14. The number of aryl methyl sites for hydroxylation is 1. The topological polar surface area (TPSA) is 62.8 Å². The smallest absolute Gasteiger partial charge is 0.351 e. The molecule has 0 unspecified atom stereocenters. The summed E-state index contributed by atoms with van der Waals surface area (Å²) in [6.07, 6.45) is -1.11. The van der Waals surface area contributed by atoms with E-state index in [2.05, 4.69) is 10.8 Å². The van der Waals surface area contributed by atoms with Crippen molar-refractivity contribution >= 4 is 17.5 Å². The Balaban J connectivity index is 1.33. The minimum absolute atomic E-state index is 0.460. The molecule has 1 fully saturated rings. The molecule has 2 N–H and O–H groups in total. The Morgan fingerprint density at radius 1 is 1.16 bits per heavy atom. The van der Waals surface area contributed by atoms with Crippen molar-refractivity contribution in [2.24, 2.45) is 0 Å². The average molecular weight is 447 g/mol. The summed E-state index contributed by atoms with van der Waals surface area (Å²) < 4.78 is 38.3. The van der Waals surface area contributed by atoms with Gasteiger partial charge < -0.3 is 4.84 Å². The van der Waals surface area contributed by atoms with E-state index in [1.165, 1.54) is 12.1 Å². The fourth-order valence-corrected chi connectivity index (χ4v) is 3.86. The zero-order chi connectivity index (χ0) is 22.8. The zero-order valence-corrected chi connectivity index (χ0v) is 17.5. The summed E-state index contributed by atoms with van der Waals surface area (Å²) in [4.78, 5) is 23.5. The van der Waals surface area contributed by atoms with E-state index in [1.807, 2.05) is 37.3 Å². The number of benzene rings is 2. The number of amides is 1. The van der Waals surface area contributed by atoms with E-state index in [-0.39, 0.29) is 0 Å². The Hall–Kier alpha value is -3.04. The number of nitrogens with zero attached hydrogens (tertiary/aromatic N) is 1. The number of carbonyl (C=O) groups is 1. The third-order valence-corrected chi connectivity index (χ3v) is 5.71. The Labute approximate surface area is 183 Å². The molecule has 0 aliphatic carbocycles. The fraction of sp³-hybridized carbons (Fsp3) is 0.348. The molecule has 0 aromatic heterocycles. The van der Waals surface area contributed by atoms with Gasteiger partial charge in [-0.25, -0.2) is 4.79 Å². The van der Waals surface area contributed by atoms with Crippen LogP contribution in [0.3, 0.4) is 0 Å². The largest absolute Gasteiger partial charge is 0.430 e. The number of alkyl halides is 3. The van der Waals surface area contributed by atoms with Crippen LogP contribution in [0, 0.1) is 0 Å². The SMILES string of the molecule is CCc1ccccc1NC(=O)ON1CCC2(C=C(c3ccc(C(F)(F)F)cc3)NO2)CC1. The molecule has 1 saturated heterocycles. The van der Waals surface area contributed by atoms with Crippen molar-refractivity contribution in [3.8, 4) is 0 Å². The van der Waals surface area contributed by atoms with E-state index in [1.54, 1.807) is 5.06 Å². The number of para-hydroxylation sites is 1. The predicted molar refractivity (Wildman–Crippen MR) is 113 cm³/mol. The van der Waals surface area contributed by atoms with Gasteiger partial charge in [-0.15, -0.1) is 5.06 Å². The number of carbonyl (C=O) groups excluding carboxylic acids is 1. The lowest BCUT2D eigenvalue weighted by atomic mass is 9.91. The molecule has 9 heteroatoms. The molecule has 0 radical (unpaired) electrons. The van der Waals surface area contributed by atoms with Crippen LogP contribution in [0.5, 0.6) is 0 Å². The lowest BCUT2D eigenvalue weighted by Crippen LogP contribution is -2.45. The van der Waals surface area contributed by atoms with Crippen molar-refractivity contribution in [2.75, 3.05) is 18.4 Å². The van der Waals surface area contributed by atoms with Crippen molar-refractivity contribution in [2.45, 2.75) is 38.0 Å². The molecule has 1 spiro atoms. The molecule has 0 atom stereocenters. The van der Waals surface area contributed by atoms with E-state index in [4.69, 9.17) is 9.68 Å². The molecule has 2 aliphatic heterocycles. The van der Waals surface area contributed by atoms with Crippen LogP contribution in [0.2, 0.25) is 0 Å². The summed E-state index contributed by atoms with van der Waals surface area (Å²) in [7, 11) is 0. The second kappa shape index (κ2) is 8.84. The van der Waals surface area contributed by atoms with E-state index >= 15 is 0 Å². The Morgan fingerprint density at radius 3 is 2.50 bits per heavy atom. The van der Waals surface area contributed by atoms with Crippen LogP contribution < -0.4 is 10.8 Å². The quantitative estimate of drug-likeness (QED) is 0.680. The highest BCUT2D eigenvalue weighted by Gasteiger charge is 2.40. The number of nitrogens with one attached hydrogen (secondary N) is 2. The normalized spacial score (nSPS) is 18.2. The van der Waals surface area contributed by atoms with Crippen molar-refractivity contribution in [3.05, 3.63) is 71.3 Å². The summed E-state index contributed by atoms with van der Waals surface area (Å²) in [5, 5.41) is 4.36. The highest BCUT2D eigenvalue weighted by Crippen LogP contribution is 2.36. The van der Waals surface area contributed by atoms with Gasteiger partial charge in [0.25, 0.3) is 0 Å². The molecule has 4 rings (SSSR count).